The fourth-order valence-electron chi connectivity index (χ4n) is 3.25. The van der Waals surface area contributed by atoms with Crippen molar-refractivity contribution in [2.45, 2.75) is 6.54 Å². The van der Waals surface area contributed by atoms with Gasteiger partial charge >= 0.3 is 0 Å². The first-order chi connectivity index (χ1) is 12.6. The number of ether oxygens (including phenoxy) is 2. The van der Waals surface area contributed by atoms with Gasteiger partial charge in [-0.05, 0) is 18.2 Å². The molecule has 0 bridgehead atoms. The van der Waals surface area contributed by atoms with Crippen molar-refractivity contribution in [3.63, 3.8) is 0 Å². The molecule has 0 aromatic heterocycles. The second-order valence-electron chi connectivity index (χ2n) is 6.35. The van der Waals surface area contributed by atoms with Crippen LogP contribution in [0.2, 0.25) is 5.02 Å². The largest absolute Gasteiger partial charge is 0.454 e. The summed E-state index contributed by atoms with van der Waals surface area (Å²) in [6.45, 7) is 3.21. The lowest BCUT2D eigenvalue weighted by Crippen LogP contribution is -2.48. The molecule has 1 amide bonds. The van der Waals surface area contributed by atoms with Crippen LogP contribution in [-0.4, -0.2) is 48.7 Å². The van der Waals surface area contributed by atoms with Crippen LogP contribution in [0.4, 0.5) is 4.39 Å². The van der Waals surface area contributed by atoms with Gasteiger partial charge in [-0.3, -0.25) is 9.69 Å². The van der Waals surface area contributed by atoms with Gasteiger partial charge in [0.05, 0.1) is 5.02 Å². The van der Waals surface area contributed by atoms with Crippen LogP contribution >= 0.6 is 11.6 Å². The first-order valence-electron chi connectivity index (χ1n) is 8.46. The molecule has 136 valence electrons. The molecule has 0 N–H and O–H groups in total. The average molecular weight is 377 g/mol. The molecule has 0 spiro atoms. The highest BCUT2D eigenvalue weighted by atomic mass is 35.5. The number of fused-ring (bicyclic) bond motifs is 1. The normalized spacial score (nSPS) is 16.8. The standard InChI is InChI=1S/C19H18ClFN2O3/c20-15-9-14(10-17-18(15)26-12-25-17)19(24)23-7-5-22(6-8-23)11-13-3-1-2-4-16(13)21/h1-4,9-10H,5-8,11-12H2. The molecule has 2 aliphatic heterocycles. The van der Waals surface area contributed by atoms with E-state index in [-0.39, 0.29) is 18.5 Å². The van der Waals surface area contributed by atoms with Gasteiger partial charge in [0.2, 0.25) is 6.79 Å². The maximum atomic E-state index is 13.8. The Bertz CT molecular complexity index is 838. The van der Waals surface area contributed by atoms with Crippen molar-refractivity contribution in [1.82, 2.24) is 9.80 Å². The molecule has 0 unspecified atom stereocenters. The minimum atomic E-state index is -0.194. The van der Waals surface area contributed by atoms with Crippen LogP contribution in [0.15, 0.2) is 36.4 Å². The second kappa shape index (κ2) is 7.13. The number of hydrogen-bond acceptors (Lipinski definition) is 4. The Morgan fingerprint density at radius 2 is 1.88 bits per heavy atom. The van der Waals surface area contributed by atoms with Gasteiger partial charge in [-0.1, -0.05) is 29.8 Å². The summed E-state index contributed by atoms with van der Waals surface area (Å²) in [5, 5.41) is 0.376. The molecule has 2 heterocycles. The number of nitrogens with zero attached hydrogens (tertiary/aromatic N) is 2. The summed E-state index contributed by atoms with van der Waals surface area (Å²) < 4.78 is 24.4. The number of carbonyl (C=O) groups is 1. The van der Waals surface area contributed by atoms with Crippen LogP contribution < -0.4 is 9.47 Å². The summed E-state index contributed by atoms with van der Waals surface area (Å²) >= 11 is 6.17. The molecule has 4 rings (SSSR count). The van der Waals surface area contributed by atoms with Crippen molar-refractivity contribution in [2.75, 3.05) is 33.0 Å². The van der Waals surface area contributed by atoms with Gasteiger partial charge in [0, 0.05) is 43.9 Å². The van der Waals surface area contributed by atoms with E-state index in [9.17, 15) is 9.18 Å². The first-order valence-corrected chi connectivity index (χ1v) is 8.84. The minimum Gasteiger partial charge on any atom is -0.454 e. The van der Waals surface area contributed by atoms with Crippen molar-refractivity contribution in [2.24, 2.45) is 0 Å². The molecule has 0 atom stereocenters. The van der Waals surface area contributed by atoms with Crippen molar-refractivity contribution in [3.05, 3.63) is 58.4 Å². The van der Waals surface area contributed by atoms with E-state index in [1.165, 1.54) is 6.07 Å². The molecule has 5 nitrogen and oxygen atoms in total. The number of piperazine rings is 1. The van der Waals surface area contributed by atoms with Crippen LogP contribution in [0, 0.1) is 5.82 Å². The Kier molecular flexibility index (Phi) is 4.70. The Labute approximate surface area is 155 Å². The van der Waals surface area contributed by atoms with E-state index >= 15 is 0 Å². The van der Waals surface area contributed by atoms with Crippen LogP contribution in [-0.2, 0) is 6.54 Å². The average Bonchev–Trinajstić information content (AvgIpc) is 3.13. The van der Waals surface area contributed by atoms with Gasteiger partial charge in [0.25, 0.3) is 5.91 Å². The van der Waals surface area contributed by atoms with Crippen LogP contribution in [0.3, 0.4) is 0 Å². The summed E-state index contributed by atoms with van der Waals surface area (Å²) in [7, 11) is 0. The lowest BCUT2D eigenvalue weighted by atomic mass is 10.1. The van der Waals surface area contributed by atoms with Crippen molar-refractivity contribution >= 4 is 17.5 Å². The number of amides is 1. The third-order valence-electron chi connectivity index (χ3n) is 4.69. The highest BCUT2D eigenvalue weighted by Gasteiger charge is 2.26. The molecule has 0 aliphatic carbocycles. The first kappa shape index (κ1) is 17.1. The van der Waals surface area contributed by atoms with Crippen LogP contribution in [0.1, 0.15) is 15.9 Å². The van der Waals surface area contributed by atoms with E-state index in [1.807, 2.05) is 6.07 Å². The molecule has 2 aliphatic rings. The monoisotopic (exact) mass is 376 g/mol. The molecular weight excluding hydrogens is 359 g/mol. The zero-order chi connectivity index (χ0) is 18.1. The topological polar surface area (TPSA) is 42.0 Å². The van der Waals surface area contributed by atoms with E-state index in [4.69, 9.17) is 21.1 Å². The van der Waals surface area contributed by atoms with Crippen LogP contribution in [0.25, 0.3) is 0 Å². The number of rotatable bonds is 3. The van der Waals surface area contributed by atoms with Crippen molar-refractivity contribution in [1.29, 1.82) is 0 Å². The Balaban J connectivity index is 1.40. The molecule has 2 aromatic rings. The molecule has 1 fully saturated rings. The Morgan fingerprint density at radius 3 is 2.65 bits per heavy atom. The molecule has 0 saturated carbocycles. The fraction of sp³-hybridized carbons (Fsp3) is 0.316. The summed E-state index contributed by atoms with van der Waals surface area (Å²) in [5.74, 6) is 0.703. The number of benzene rings is 2. The number of carbonyl (C=O) groups excluding carboxylic acids is 1. The lowest BCUT2D eigenvalue weighted by molar-refractivity contribution is 0.0626. The fourth-order valence-corrected chi connectivity index (χ4v) is 3.52. The predicted octanol–water partition coefficient (Wildman–Crippen LogP) is 3.17. The number of halogens is 2. The lowest BCUT2D eigenvalue weighted by Gasteiger charge is -2.34. The van der Waals surface area contributed by atoms with E-state index in [1.54, 1.807) is 29.2 Å². The maximum absolute atomic E-state index is 13.8. The third-order valence-corrected chi connectivity index (χ3v) is 4.97. The highest BCUT2D eigenvalue weighted by molar-refractivity contribution is 6.32. The van der Waals surface area contributed by atoms with Gasteiger partial charge in [-0.15, -0.1) is 0 Å². The second-order valence-corrected chi connectivity index (χ2v) is 6.76. The molecule has 0 radical (unpaired) electrons. The van der Waals surface area contributed by atoms with Crippen LogP contribution in [0.5, 0.6) is 11.5 Å². The number of hydrogen-bond donors (Lipinski definition) is 0. The van der Waals surface area contributed by atoms with Gasteiger partial charge in [0.1, 0.15) is 5.82 Å². The Hall–Kier alpha value is -2.31. The van der Waals surface area contributed by atoms with E-state index < -0.39 is 0 Å². The highest BCUT2D eigenvalue weighted by Crippen LogP contribution is 2.40. The predicted molar refractivity (Wildman–Crippen MR) is 95.2 cm³/mol. The molecule has 26 heavy (non-hydrogen) atoms. The van der Waals surface area contributed by atoms with E-state index in [2.05, 4.69) is 4.90 Å². The molecule has 2 aromatic carbocycles. The Morgan fingerprint density at radius 1 is 1.12 bits per heavy atom. The summed E-state index contributed by atoms with van der Waals surface area (Å²) in [6.07, 6.45) is 0. The summed E-state index contributed by atoms with van der Waals surface area (Å²) in [6, 6.07) is 10.1. The minimum absolute atomic E-state index is 0.0873. The van der Waals surface area contributed by atoms with Gasteiger partial charge in [-0.25, -0.2) is 4.39 Å². The van der Waals surface area contributed by atoms with Gasteiger partial charge in [0.15, 0.2) is 11.5 Å². The molecular formula is C19H18ClFN2O3. The summed E-state index contributed by atoms with van der Waals surface area (Å²) in [4.78, 5) is 16.7. The summed E-state index contributed by atoms with van der Waals surface area (Å²) in [5.41, 5.74) is 1.16. The van der Waals surface area contributed by atoms with Crippen molar-refractivity contribution in [3.8, 4) is 11.5 Å². The third kappa shape index (κ3) is 3.34. The van der Waals surface area contributed by atoms with Gasteiger partial charge < -0.3 is 14.4 Å². The SMILES string of the molecule is O=C(c1cc(Cl)c2c(c1)OCO2)N1CCN(Cc2ccccc2F)CC1. The molecule has 1 saturated heterocycles. The molecule has 7 heteroatoms. The van der Waals surface area contributed by atoms with Crippen molar-refractivity contribution < 1.29 is 18.7 Å². The zero-order valence-electron chi connectivity index (χ0n) is 14.1. The zero-order valence-corrected chi connectivity index (χ0v) is 14.8. The van der Waals surface area contributed by atoms with Gasteiger partial charge in [-0.2, -0.15) is 0 Å². The smallest absolute Gasteiger partial charge is 0.254 e. The maximum Gasteiger partial charge on any atom is 0.254 e. The quantitative estimate of drug-likeness (QED) is 0.825. The van der Waals surface area contributed by atoms with E-state index in [0.717, 1.165) is 0 Å². The van der Waals surface area contributed by atoms with E-state index in [0.29, 0.717) is 60.4 Å².